The maximum atomic E-state index is 11.0. The minimum Gasteiger partial charge on any atom is -0.427 e. The standard InChI is InChI=1S/C18H22O2/c1-12(19)20-17-4-2-16(3-5-17)18-9-13-6-14(10-18)8-15(7-13)11-18/h2-5,13-15H,6-11H2,1H3. The third-order valence-electron chi connectivity index (χ3n) is 5.77. The maximum Gasteiger partial charge on any atom is 0.308 e. The van der Waals surface area contributed by atoms with E-state index in [-0.39, 0.29) is 5.97 Å². The van der Waals surface area contributed by atoms with Gasteiger partial charge >= 0.3 is 5.97 Å². The molecule has 5 rings (SSSR count). The van der Waals surface area contributed by atoms with Crippen molar-refractivity contribution < 1.29 is 9.53 Å². The lowest BCUT2D eigenvalue weighted by Crippen LogP contribution is -2.48. The second kappa shape index (κ2) is 4.34. The van der Waals surface area contributed by atoms with Crippen molar-refractivity contribution in [3.05, 3.63) is 29.8 Å². The third-order valence-corrected chi connectivity index (χ3v) is 5.77. The maximum absolute atomic E-state index is 11.0. The second-order valence-electron chi connectivity index (χ2n) is 7.32. The van der Waals surface area contributed by atoms with Gasteiger partial charge in [0, 0.05) is 6.92 Å². The van der Waals surface area contributed by atoms with E-state index >= 15 is 0 Å². The molecule has 0 radical (unpaired) electrons. The summed E-state index contributed by atoms with van der Waals surface area (Å²) >= 11 is 0. The zero-order chi connectivity index (χ0) is 13.7. The van der Waals surface area contributed by atoms with E-state index in [9.17, 15) is 4.79 Å². The average molecular weight is 270 g/mol. The Bertz CT molecular complexity index is 494. The molecule has 1 aromatic rings. The van der Waals surface area contributed by atoms with Crippen LogP contribution < -0.4 is 4.74 Å². The number of hydrogen-bond donors (Lipinski definition) is 0. The topological polar surface area (TPSA) is 26.3 Å². The third kappa shape index (κ3) is 1.97. The van der Waals surface area contributed by atoms with E-state index in [0.29, 0.717) is 11.2 Å². The predicted molar refractivity (Wildman–Crippen MR) is 77.6 cm³/mol. The summed E-state index contributed by atoms with van der Waals surface area (Å²) in [5.74, 6) is 3.33. The molecule has 4 saturated carbocycles. The number of rotatable bonds is 2. The number of carbonyl (C=O) groups excluding carboxylic acids is 1. The fraction of sp³-hybridized carbons (Fsp3) is 0.611. The highest BCUT2D eigenvalue weighted by atomic mass is 16.5. The molecule has 0 atom stereocenters. The monoisotopic (exact) mass is 270 g/mol. The van der Waals surface area contributed by atoms with E-state index in [1.54, 1.807) is 0 Å². The van der Waals surface area contributed by atoms with Crippen LogP contribution in [0.2, 0.25) is 0 Å². The van der Waals surface area contributed by atoms with Gasteiger partial charge < -0.3 is 4.74 Å². The first-order valence-corrected chi connectivity index (χ1v) is 7.92. The van der Waals surface area contributed by atoms with Crippen LogP contribution in [0.1, 0.15) is 51.0 Å². The van der Waals surface area contributed by atoms with Crippen molar-refractivity contribution in [2.45, 2.75) is 50.9 Å². The molecule has 0 unspecified atom stereocenters. The molecule has 0 amide bonds. The number of carbonyl (C=O) groups is 1. The Morgan fingerprint density at radius 2 is 1.50 bits per heavy atom. The van der Waals surface area contributed by atoms with Gasteiger partial charge in [0.2, 0.25) is 0 Å². The molecule has 4 aliphatic carbocycles. The van der Waals surface area contributed by atoms with Crippen molar-refractivity contribution in [1.29, 1.82) is 0 Å². The van der Waals surface area contributed by atoms with Crippen LogP contribution in [0.15, 0.2) is 24.3 Å². The van der Waals surface area contributed by atoms with Gasteiger partial charge in [0.15, 0.2) is 0 Å². The van der Waals surface area contributed by atoms with Crippen LogP contribution in [0.5, 0.6) is 5.75 Å². The minimum atomic E-state index is -0.243. The Morgan fingerprint density at radius 3 is 1.95 bits per heavy atom. The summed E-state index contributed by atoms with van der Waals surface area (Å²) in [4.78, 5) is 11.0. The molecule has 4 fully saturated rings. The molecule has 4 bridgehead atoms. The van der Waals surface area contributed by atoms with Crippen molar-refractivity contribution in [3.8, 4) is 5.75 Å². The van der Waals surface area contributed by atoms with Crippen LogP contribution in [0, 0.1) is 17.8 Å². The fourth-order valence-electron chi connectivity index (χ4n) is 5.51. The van der Waals surface area contributed by atoms with Crippen molar-refractivity contribution >= 4 is 5.97 Å². The first kappa shape index (κ1) is 12.4. The van der Waals surface area contributed by atoms with Gasteiger partial charge in [-0.15, -0.1) is 0 Å². The van der Waals surface area contributed by atoms with Crippen LogP contribution in [0.4, 0.5) is 0 Å². The van der Waals surface area contributed by atoms with Gasteiger partial charge in [0.05, 0.1) is 0 Å². The Kier molecular flexibility index (Phi) is 2.70. The molecular weight excluding hydrogens is 248 g/mol. The number of benzene rings is 1. The van der Waals surface area contributed by atoms with Crippen molar-refractivity contribution in [3.63, 3.8) is 0 Å². The van der Waals surface area contributed by atoms with E-state index in [1.165, 1.54) is 51.0 Å². The van der Waals surface area contributed by atoms with E-state index in [2.05, 4.69) is 12.1 Å². The zero-order valence-corrected chi connectivity index (χ0v) is 12.1. The smallest absolute Gasteiger partial charge is 0.308 e. The summed E-state index contributed by atoms with van der Waals surface area (Å²) < 4.78 is 5.15. The lowest BCUT2D eigenvalue weighted by atomic mass is 9.48. The Morgan fingerprint density at radius 1 is 1.00 bits per heavy atom. The lowest BCUT2D eigenvalue weighted by Gasteiger charge is -2.57. The molecule has 0 N–H and O–H groups in total. The van der Waals surface area contributed by atoms with E-state index in [1.807, 2.05) is 12.1 Å². The normalized spacial score (nSPS) is 38.0. The average Bonchev–Trinajstić information content (AvgIpc) is 2.37. The van der Waals surface area contributed by atoms with E-state index in [0.717, 1.165) is 17.8 Å². The molecule has 2 heteroatoms. The molecule has 0 aromatic heterocycles. The molecule has 0 spiro atoms. The largest absolute Gasteiger partial charge is 0.427 e. The molecule has 4 aliphatic rings. The number of hydrogen-bond acceptors (Lipinski definition) is 2. The summed E-state index contributed by atoms with van der Waals surface area (Å²) in [5.41, 5.74) is 1.91. The second-order valence-corrected chi connectivity index (χ2v) is 7.32. The zero-order valence-electron chi connectivity index (χ0n) is 12.1. The van der Waals surface area contributed by atoms with E-state index in [4.69, 9.17) is 4.74 Å². The Hall–Kier alpha value is -1.31. The first-order chi connectivity index (χ1) is 9.63. The predicted octanol–water partition coefficient (Wildman–Crippen LogP) is 4.08. The van der Waals surface area contributed by atoms with Crippen LogP contribution in [0.25, 0.3) is 0 Å². The van der Waals surface area contributed by atoms with Gasteiger partial charge in [-0.2, -0.15) is 0 Å². The van der Waals surface area contributed by atoms with Crippen LogP contribution in [0.3, 0.4) is 0 Å². The molecule has 0 aliphatic heterocycles. The Balaban J connectivity index is 1.62. The molecule has 2 nitrogen and oxygen atoms in total. The lowest BCUT2D eigenvalue weighted by molar-refractivity contribution is -0.131. The van der Waals surface area contributed by atoms with Gasteiger partial charge in [-0.25, -0.2) is 0 Å². The molecule has 0 heterocycles. The highest BCUT2D eigenvalue weighted by Crippen LogP contribution is 2.60. The fourth-order valence-corrected chi connectivity index (χ4v) is 5.51. The van der Waals surface area contributed by atoms with Crippen LogP contribution in [-0.4, -0.2) is 5.97 Å². The highest BCUT2D eigenvalue weighted by molar-refractivity contribution is 5.69. The van der Waals surface area contributed by atoms with Gasteiger partial charge in [0.25, 0.3) is 0 Å². The van der Waals surface area contributed by atoms with Gasteiger partial charge in [-0.05, 0) is 79.4 Å². The van der Waals surface area contributed by atoms with Crippen LogP contribution >= 0.6 is 0 Å². The molecule has 1 aromatic carbocycles. The van der Waals surface area contributed by atoms with Gasteiger partial charge in [-0.1, -0.05) is 12.1 Å². The van der Waals surface area contributed by atoms with Crippen molar-refractivity contribution in [2.75, 3.05) is 0 Å². The number of esters is 1. The molecule has 20 heavy (non-hydrogen) atoms. The first-order valence-electron chi connectivity index (χ1n) is 7.92. The van der Waals surface area contributed by atoms with Crippen LogP contribution in [-0.2, 0) is 10.2 Å². The summed E-state index contributed by atoms with van der Waals surface area (Å²) in [6, 6.07) is 8.33. The summed E-state index contributed by atoms with van der Waals surface area (Å²) in [6.07, 6.45) is 8.57. The SMILES string of the molecule is CC(=O)Oc1ccc(C23CC4CC(CC(C4)C2)C3)cc1. The molecule has 106 valence electrons. The van der Waals surface area contributed by atoms with Gasteiger partial charge in [0.1, 0.15) is 5.75 Å². The minimum absolute atomic E-state index is 0.243. The summed E-state index contributed by atoms with van der Waals surface area (Å²) in [7, 11) is 0. The molecule has 0 saturated heterocycles. The summed E-state index contributed by atoms with van der Waals surface area (Å²) in [5, 5.41) is 0. The van der Waals surface area contributed by atoms with Crippen molar-refractivity contribution in [1.82, 2.24) is 0 Å². The quantitative estimate of drug-likeness (QED) is 0.598. The summed E-state index contributed by atoms with van der Waals surface area (Å²) in [6.45, 7) is 1.45. The number of ether oxygens (including phenoxy) is 1. The van der Waals surface area contributed by atoms with E-state index < -0.39 is 0 Å². The molecular formula is C18H22O2. The van der Waals surface area contributed by atoms with Gasteiger partial charge in [-0.3, -0.25) is 4.79 Å². The van der Waals surface area contributed by atoms with Crippen molar-refractivity contribution in [2.24, 2.45) is 17.8 Å². The Labute approximate surface area is 120 Å². The highest BCUT2D eigenvalue weighted by Gasteiger charge is 2.51.